The molecule has 0 radical (unpaired) electrons. The highest BCUT2D eigenvalue weighted by atomic mass is 79.9. The zero-order chi connectivity index (χ0) is 13.1. The molecule has 1 aliphatic rings. The number of nitrogens with zero attached hydrogens (tertiary/aromatic N) is 2. The van der Waals surface area contributed by atoms with Crippen molar-refractivity contribution in [3.63, 3.8) is 0 Å². The van der Waals surface area contributed by atoms with Crippen LogP contribution in [0, 0.1) is 5.92 Å². The predicted octanol–water partition coefficient (Wildman–Crippen LogP) is 2.79. The Kier molecular flexibility index (Phi) is 4.22. The highest BCUT2D eigenvalue weighted by molar-refractivity contribution is 9.10. The van der Waals surface area contributed by atoms with Gasteiger partial charge >= 0.3 is 0 Å². The Balaban J connectivity index is 2.17. The third kappa shape index (κ3) is 3.02. The van der Waals surface area contributed by atoms with E-state index in [0.717, 1.165) is 18.5 Å². The first-order valence-corrected chi connectivity index (χ1v) is 7.04. The summed E-state index contributed by atoms with van der Waals surface area (Å²) in [5, 5.41) is 7.56. The molecule has 1 aromatic rings. The number of anilines is 1. The Labute approximate surface area is 115 Å². The van der Waals surface area contributed by atoms with Crippen molar-refractivity contribution < 1.29 is 0 Å². The second-order valence-electron chi connectivity index (χ2n) is 5.04. The summed E-state index contributed by atoms with van der Waals surface area (Å²) < 4.78 is 2.08. The van der Waals surface area contributed by atoms with E-state index < -0.39 is 0 Å². The van der Waals surface area contributed by atoms with Gasteiger partial charge in [-0.15, -0.1) is 0 Å². The Morgan fingerprint density at radius 2 is 2.17 bits per heavy atom. The maximum atomic E-state index is 12.1. The Morgan fingerprint density at radius 1 is 1.50 bits per heavy atom. The van der Waals surface area contributed by atoms with Crippen LogP contribution in [0.4, 0.5) is 5.69 Å². The van der Waals surface area contributed by atoms with E-state index in [1.54, 1.807) is 6.20 Å². The molecule has 0 amide bonds. The summed E-state index contributed by atoms with van der Waals surface area (Å²) in [7, 11) is 0. The van der Waals surface area contributed by atoms with Gasteiger partial charge in [0.15, 0.2) is 0 Å². The molecule has 0 fully saturated rings. The molecule has 0 saturated heterocycles. The van der Waals surface area contributed by atoms with E-state index in [1.165, 1.54) is 4.68 Å². The van der Waals surface area contributed by atoms with Gasteiger partial charge in [0, 0.05) is 12.6 Å². The number of rotatable bonds is 4. The second-order valence-corrected chi connectivity index (χ2v) is 5.83. The molecule has 0 bridgehead atoms. The van der Waals surface area contributed by atoms with Gasteiger partial charge in [-0.05, 0) is 34.7 Å². The van der Waals surface area contributed by atoms with Crippen LogP contribution in [0.2, 0.25) is 0 Å². The summed E-state index contributed by atoms with van der Waals surface area (Å²) in [6.07, 6.45) is 8.03. The van der Waals surface area contributed by atoms with Gasteiger partial charge in [-0.2, -0.15) is 5.10 Å². The van der Waals surface area contributed by atoms with Crippen LogP contribution in [0.3, 0.4) is 0 Å². The molecule has 1 N–H and O–H groups in total. The van der Waals surface area contributed by atoms with Crippen LogP contribution >= 0.6 is 15.9 Å². The van der Waals surface area contributed by atoms with Crippen LogP contribution in [-0.4, -0.2) is 15.8 Å². The van der Waals surface area contributed by atoms with E-state index in [9.17, 15) is 4.79 Å². The van der Waals surface area contributed by atoms with E-state index in [4.69, 9.17) is 0 Å². The van der Waals surface area contributed by atoms with E-state index in [2.05, 4.69) is 52.3 Å². The van der Waals surface area contributed by atoms with Crippen LogP contribution in [0.5, 0.6) is 0 Å². The molecule has 0 saturated carbocycles. The Morgan fingerprint density at radius 3 is 2.78 bits per heavy atom. The topological polar surface area (TPSA) is 46.9 Å². The summed E-state index contributed by atoms with van der Waals surface area (Å²) >= 11 is 3.37. The van der Waals surface area contributed by atoms with Crippen LogP contribution in [0.25, 0.3) is 0 Å². The molecular formula is C13H18BrN3O. The van der Waals surface area contributed by atoms with Gasteiger partial charge in [-0.3, -0.25) is 4.79 Å². The highest BCUT2D eigenvalue weighted by Crippen LogP contribution is 2.21. The maximum absolute atomic E-state index is 12.1. The van der Waals surface area contributed by atoms with Crippen molar-refractivity contribution in [3.8, 4) is 0 Å². The van der Waals surface area contributed by atoms with Gasteiger partial charge in [0.1, 0.15) is 4.47 Å². The molecule has 18 heavy (non-hydrogen) atoms. The van der Waals surface area contributed by atoms with Crippen molar-refractivity contribution in [2.75, 3.05) is 5.32 Å². The number of hydrogen-bond donors (Lipinski definition) is 1. The van der Waals surface area contributed by atoms with Gasteiger partial charge in [0.25, 0.3) is 5.56 Å². The minimum absolute atomic E-state index is 0.0698. The van der Waals surface area contributed by atoms with E-state index in [-0.39, 0.29) is 5.56 Å². The molecule has 0 spiro atoms. The van der Waals surface area contributed by atoms with Crippen molar-refractivity contribution in [1.82, 2.24) is 9.78 Å². The fourth-order valence-electron chi connectivity index (χ4n) is 2.00. The number of nitrogens with one attached hydrogen (secondary N) is 1. The number of aromatic nitrogens is 2. The minimum atomic E-state index is -0.0698. The molecule has 0 unspecified atom stereocenters. The molecule has 1 aliphatic carbocycles. The van der Waals surface area contributed by atoms with Crippen LogP contribution < -0.4 is 10.9 Å². The molecule has 0 atom stereocenters. The fraction of sp³-hybridized carbons (Fsp3) is 0.538. The lowest BCUT2D eigenvalue weighted by Gasteiger charge is -2.15. The Hall–Kier alpha value is -1.10. The molecule has 4 nitrogen and oxygen atoms in total. The Bertz CT molecular complexity index is 499. The van der Waals surface area contributed by atoms with Crippen molar-refractivity contribution in [1.29, 1.82) is 0 Å². The minimum Gasteiger partial charge on any atom is -0.379 e. The third-order valence-electron chi connectivity index (χ3n) is 2.89. The quantitative estimate of drug-likeness (QED) is 0.870. The summed E-state index contributed by atoms with van der Waals surface area (Å²) in [6.45, 7) is 4.78. The van der Waals surface area contributed by atoms with Crippen molar-refractivity contribution in [2.45, 2.75) is 39.3 Å². The number of halogens is 1. The molecule has 5 heteroatoms. The largest absolute Gasteiger partial charge is 0.379 e. The van der Waals surface area contributed by atoms with Crippen LogP contribution in [-0.2, 0) is 6.54 Å². The molecule has 1 heterocycles. The molecule has 0 aromatic carbocycles. The summed E-state index contributed by atoms with van der Waals surface area (Å²) in [5.41, 5.74) is 0.716. The first-order chi connectivity index (χ1) is 8.58. The molecule has 0 aliphatic heterocycles. The number of hydrogen-bond acceptors (Lipinski definition) is 3. The van der Waals surface area contributed by atoms with Gasteiger partial charge in [0.2, 0.25) is 0 Å². The van der Waals surface area contributed by atoms with E-state index in [1.807, 2.05) is 0 Å². The average molecular weight is 312 g/mol. The first-order valence-electron chi connectivity index (χ1n) is 6.25. The summed E-state index contributed by atoms with van der Waals surface area (Å²) in [5.74, 6) is 0.403. The maximum Gasteiger partial charge on any atom is 0.283 e. The highest BCUT2D eigenvalue weighted by Gasteiger charge is 2.14. The van der Waals surface area contributed by atoms with Gasteiger partial charge in [-0.1, -0.05) is 26.0 Å². The molecule has 1 aromatic heterocycles. The molecular weight excluding hydrogens is 294 g/mol. The zero-order valence-corrected chi connectivity index (χ0v) is 12.3. The third-order valence-corrected chi connectivity index (χ3v) is 3.66. The molecule has 98 valence electrons. The standard InChI is InChI=1S/C13H18BrN3O/c1-9(2)8-17-13(18)12(14)11(7-15-17)16-10-5-3-4-6-10/h3-4,7,9-10,16H,5-6,8H2,1-2H3. The van der Waals surface area contributed by atoms with Crippen LogP contribution in [0.1, 0.15) is 26.7 Å². The van der Waals surface area contributed by atoms with Gasteiger partial charge < -0.3 is 5.32 Å². The predicted molar refractivity (Wildman–Crippen MR) is 76.8 cm³/mol. The zero-order valence-electron chi connectivity index (χ0n) is 10.7. The lowest BCUT2D eigenvalue weighted by atomic mass is 10.2. The van der Waals surface area contributed by atoms with Crippen molar-refractivity contribution >= 4 is 21.6 Å². The second kappa shape index (κ2) is 5.69. The first kappa shape index (κ1) is 13.3. The van der Waals surface area contributed by atoms with Crippen molar-refractivity contribution in [3.05, 3.63) is 33.2 Å². The lowest BCUT2D eigenvalue weighted by Crippen LogP contribution is -2.27. The van der Waals surface area contributed by atoms with Gasteiger partial charge in [0.05, 0.1) is 11.9 Å². The summed E-state index contributed by atoms with van der Waals surface area (Å²) in [6, 6.07) is 0.378. The molecule has 2 rings (SSSR count). The van der Waals surface area contributed by atoms with E-state index >= 15 is 0 Å². The summed E-state index contributed by atoms with van der Waals surface area (Å²) in [4.78, 5) is 12.1. The van der Waals surface area contributed by atoms with Crippen molar-refractivity contribution in [2.24, 2.45) is 5.92 Å². The smallest absolute Gasteiger partial charge is 0.283 e. The monoisotopic (exact) mass is 311 g/mol. The lowest BCUT2D eigenvalue weighted by molar-refractivity contribution is 0.462. The van der Waals surface area contributed by atoms with Crippen LogP contribution in [0.15, 0.2) is 27.6 Å². The van der Waals surface area contributed by atoms with Gasteiger partial charge in [-0.25, -0.2) is 4.68 Å². The normalized spacial score (nSPS) is 15.6. The van der Waals surface area contributed by atoms with E-state index in [0.29, 0.717) is 23.0 Å². The SMILES string of the molecule is CC(C)Cn1ncc(NC2CC=CC2)c(Br)c1=O. The fourth-order valence-corrected chi connectivity index (χ4v) is 2.42. The average Bonchev–Trinajstić information content (AvgIpc) is 2.81.